The van der Waals surface area contributed by atoms with E-state index in [0.29, 0.717) is 13.2 Å². The molecule has 122 valence electrons. The van der Waals surface area contributed by atoms with E-state index in [-0.39, 0.29) is 29.0 Å². The number of benzene rings is 1. The van der Waals surface area contributed by atoms with Gasteiger partial charge in [0.15, 0.2) is 9.84 Å². The number of sulfone groups is 1. The van der Waals surface area contributed by atoms with Crippen LogP contribution in [-0.4, -0.2) is 45.9 Å². The molecule has 1 fully saturated rings. The third kappa shape index (κ3) is 4.06. The van der Waals surface area contributed by atoms with E-state index in [1.54, 1.807) is 24.3 Å². The number of morpholine rings is 1. The fourth-order valence-corrected chi connectivity index (χ4v) is 3.05. The summed E-state index contributed by atoms with van der Waals surface area (Å²) in [4.78, 5) is 12.5. The Bertz CT molecular complexity index is 627. The van der Waals surface area contributed by atoms with E-state index in [2.05, 4.69) is 10.6 Å². The van der Waals surface area contributed by atoms with Crippen molar-refractivity contribution in [1.82, 2.24) is 10.6 Å². The molecule has 0 bridgehead atoms. The van der Waals surface area contributed by atoms with Crippen LogP contribution in [0, 0.1) is 0 Å². The Morgan fingerprint density at radius 1 is 1.36 bits per heavy atom. The van der Waals surface area contributed by atoms with Gasteiger partial charge in [0, 0.05) is 12.8 Å². The molecule has 1 aromatic carbocycles. The standard InChI is InChI=1S/C15H22N2O4S/c1-10(12-4-6-13(7-5-12)22(3,19)20)17-15(18)14-11(2)21-9-8-16-14/h4-7,10-11,14,16H,8-9H2,1-3H3,(H,17,18)/t10?,11-,14+/m1/s1. The van der Waals surface area contributed by atoms with Crippen molar-refractivity contribution in [2.45, 2.75) is 36.9 Å². The van der Waals surface area contributed by atoms with Crippen LogP contribution in [0.25, 0.3) is 0 Å². The SMILES string of the molecule is CC(NC(=O)[C@H]1NCCO[C@@H]1C)c1ccc(S(C)(=O)=O)cc1. The zero-order valence-electron chi connectivity index (χ0n) is 13.0. The highest BCUT2D eigenvalue weighted by Gasteiger charge is 2.29. The molecule has 6 nitrogen and oxygen atoms in total. The Labute approximate surface area is 131 Å². The fourth-order valence-electron chi connectivity index (χ4n) is 2.42. The lowest BCUT2D eigenvalue weighted by Crippen LogP contribution is -2.55. The molecule has 1 aromatic rings. The molecule has 0 aromatic heterocycles. The number of ether oxygens (including phenoxy) is 1. The summed E-state index contributed by atoms with van der Waals surface area (Å²) in [6.07, 6.45) is 0.997. The van der Waals surface area contributed by atoms with Crippen molar-refractivity contribution >= 4 is 15.7 Å². The van der Waals surface area contributed by atoms with Gasteiger partial charge in [-0.3, -0.25) is 4.79 Å². The molecule has 0 spiro atoms. The van der Waals surface area contributed by atoms with Crippen molar-refractivity contribution in [3.63, 3.8) is 0 Å². The second kappa shape index (κ2) is 6.76. The maximum absolute atomic E-state index is 12.3. The summed E-state index contributed by atoms with van der Waals surface area (Å²) in [6.45, 7) is 4.98. The zero-order valence-corrected chi connectivity index (χ0v) is 13.8. The van der Waals surface area contributed by atoms with Gasteiger partial charge in [-0.1, -0.05) is 12.1 Å². The minimum Gasteiger partial charge on any atom is -0.375 e. The van der Waals surface area contributed by atoms with Crippen LogP contribution in [0.4, 0.5) is 0 Å². The smallest absolute Gasteiger partial charge is 0.240 e. The summed E-state index contributed by atoms with van der Waals surface area (Å²) in [6, 6.07) is 5.96. The first kappa shape index (κ1) is 16.9. The number of nitrogens with one attached hydrogen (secondary N) is 2. The van der Waals surface area contributed by atoms with Crippen LogP contribution in [0.1, 0.15) is 25.5 Å². The molecular formula is C15H22N2O4S. The summed E-state index contributed by atoms with van der Waals surface area (Å²) in [5.74, 6) is -0.119. The fraction of sp³-hybridized carbons (Fsp3) is 0.533. The average Bonchev–Trinajstić information content (AvgIpc) is 2.46. The lowest BCUT2D eigenvalue weighted by Gasteiger charge is -2.30. The average molecular weight is 326 g/mol. The van der Waals surface area contributed by atoms with Crippen molar-refractivity contribution in [2.24, 2.45) is 0 Å². The van der Waals surface area contributed by atoms with Crippen LogP contribution in [0.3, 0.4) is 0 Å². The van der Waals surface area contributed by atoms with Crippen LogP contribution < -0.4 is 10.6 Å². The van der Waals surface area contributed by atoms with Gasteiger partial charge in [0.25, 0.3) is 0 Å². The van der Waals surface area contributed by atoms with Crippen LogP contribution in [0.15, 0.2) is 29.2 Å². The van der Waals surface area contributed by atoms with Crippen molar-refractivity contribution in [3.05, 3.63) is 29.8 Å². The molecule has 1 unspecified atom stereocenters. The molecule has 22 heavy (non-hydrogen) atoms. The number of hydrogen-bond acceptors (Lipinski definition) is 5. The first-order chi connectivity index (χ1) is 10.3. The minimum absolute atomic E-state index is 0.119. The highest BCUT2D eigenvalue weighted by Crippen LogP contribution is 2.17. The molecule has 1 saturated heterocycles. The van der Waals surface area contributed by atoms with Crippen molar-refractivity contribution in [2.75, 3.05) is 19.4 Å². The summed E-state index contributed by atoms with van der Waals surface area (Å²) >= 11 is 0. The molecular weight excluding hydrogens is 304 g/mol. The molecule has 0 aliphatic carbocycles. The summed E-state index contributed by atoms with van der Waals surface area (Å²) in [7, 11) is -3.21. The Morgan fingerprint density at radius 3 is 2.55 bits per heavy atom. The summed E-state index contributed by atoms with van der Waals surface area (Å²) in [5, 5.41) is 6.06. The Balaban J connectivity index is 2.02. The lowest BCUT2D eigenvalue weighted by atomic mass is 10.1. The van der Waals surface area contributed by atoms with Gasteiger partial charge in [0.2, 0.25) is 5.91 Å². The van der Waals surface area contributed by atoms with Crippen LogP contribution in [0.2, 0.25) is 0 Å². The highest BCUT2D eigenvalue weighted by atomic mass is 32.2. The van der Waals surface area contributed by atoms with E-state index < -0.39 is 9.84 Å². The van der Waals surface area contributed by atoms with Gasteiger partial charge in [0.05, 0.1) is 23.6 Å². The van der Waals surface area contributed by atoms with Gasteiger partial charge in [-0.25, -0.2) is 8.42 Å². The molecule has 0 saturated carbocycles. The third-order valence-electron chi connectivity index (χ3n) is 3.77. The Morgan fingerprint density at radius 2 is 2.00 bits per heavy atom. The van der Waals surface area contributed by atoms with Gasteiger partial charge >= 0.3 is 0 Å². The third-order valence-corrected chi connectivity index (χ3v) is 4.89. The first-order valence-electron chi connectivity index (χ1n) is 7.24. The van der Waals surface area contributed by atoms with Gasteiger partial charge in [-0.2, -0.15) is 0 Å². The van der Waals surface area contributed by atoms with Crippen LogP contribution in [-0.2, 0) is 19.4 Å². The quantitative estimate of drug-likeness (QED) is 0.848. The van der Waals surface area contributed by atoms with E-state index in [0.717, 1.165) is 5.56 Å². The highest BCUT2D eigenvalue weighted by molar-refractivity contribution is 7.90. The minimum atomic E-state index is -3.21. The molecule has 0 radical (unpaired) electrons. The summed E-state index contributed by atoms with van der Waals surface area (Å²) < 4.78 is 28.3. The van der Waals surface area contributed by atoms with Gasteiger partial charge in [0.1, 0.15) is 6.04 Å². The van der Waals surface area contributed by atoms with Gasteiger partial charge in [-0.15, -0.1) is 0 Å². The normalized spacial score (nSPS) is 23.8. The van der Waals surface area contributed by atoms with E-state index in [1.807, 2.05) is 13.8 Å². The van der Waals surface area contributed by atoms with E-state index >= 15 is 0 Å². The molecule has 1 aliphatic heterocycles. The molecule has 2 rings (SSSR count). The van der Waals surface area contributed by atoms with Crippen molar-refractivity contribution in [1.29, 1.82) is 0 Å². The predicted octanol–water partition coefficient (Wildman–Crippen LogP) is 0.644. The van der Waals surface area contributed by atoms with Gasteiger partial charge < -0.3 is 15.4 Å². The number of carbonyl (C=O) groups excluding carboxylic acids is 1. The Hall–Kier alpha value is -1.44. The van der Waals surface area contributed by atoms with E-state index in [1.165, 1.54) is 6.26 Å². The number of hydrogen-bond donors (Lipinski definition) is 2. The number of rotatable bonds is 4. The molecule has 7 heteroatoms. The predicted molar refractivity (Wildman–Crippen MR) is 83.3 cm³/mol. The van der Waals surface area contributed by atoms with Gasteiger partial charge in [-0.05, 0) is 31.5 Å². The topological polar surface area (TPSA) is 84.5 Å². The molecule has 2 N–H and O–H groups in total. The van der Waals surface area contributed by atoms with Crippen molar-refractivity contribution < 1.29 is 17.9 Å². The second-order valence-electron chi connectivity index (χ2n) is 5.58. The molecule has 1 heterocycles. The molecule has 1 aliphatic rings. The number of carbonyl (C=O) groups is 1. The zero-order chi connectivity index (χ0) is 16.3. The summed E-state index contributed by atoms with van der Waals surface area (Å²) in [5.41, 5.74) is 0.852. The van der Waals surface area contributed by atoms with Crippen LogP contribution >= 0.6 is 0 Å². The monoisotopic (exact) mass is 326 g/mol. The maximum atomic E-state index is 12.3. The number of amides is 1. The largest absolute Gasteiger partial charge is 0.375 e. The molecule has 3 atom stereocenters. The Kier molecular flexibility index (Phi) is 5.20. The van der Waals surface area contributed by atoms with E-state index in [4.69, 9.17) is 4.74 Å². The maximum Gasteiger partial charge on any atom is 0.240 e. The second-order valence-corrected chi connectivity index (χ2v) is 7.59. The molecule has 1 amide bonds. The van der Waals surface area contributed by atoms with E-state index in [9.17, 15) is 13.2 Å². The first-order valence-corrected chi connectivity index (χ1v) is 9.13. The van der Waals surface area contributed by atoms with Crippen molar-refractivity contribution in [3.8, 4) is 0 Å². The van der Waals surface area contributed by atoms with Crippen LogP contribution in [0.5, 0.6) is 0 Å². The lowest BCUT2D eigenvalue weighted by molar-refractivity contribution is -0.129.